The first-order valence-corrected chi connectivity index (χ1v) is 9.12. The van der Waals surface area contributed by atoms with E-state index in [1.165, 1.54) is 0 Å². The van der Waals surface area contributed by atoms with Crippen LogP contribution in [0.4, 0.5) is 4.79 Å². The van der Waals surface area contributed by atoms with Crippen LogP contribution < -0.4 is 0 Å². The summed E-state index contributed by atoms with van der Waals surface area (Å²) >= 11 is 0. The molecule has 0 radical (unpaired) electrons. The van der Waals surface area contributed by atoms with E-state index < -0.39 is 27.3 Å². The van der Waals surface area contributed by atoms with Crippen LogP contribution in [-0.2, 0) is 19.3 Å². The monoisotopic (exact) mass is 326 g/mol. The molecule has 6 heteroatoms. The van der Waals surface area contributed by atoms with Crippen LogP contribution in [-0.4, -0.2) is 32.5 Å². The van der Waals surface area contributed by atoms with Crippen molar-refractivity contribution in [3.8, 4) is 0 Å². The van der Waals surface area contributed by atoms with E-state index in [0.29, 0.717) is 24.2 Å². The Morgan fingerprint density at radius 3 is 2.55 bits per heavy atom. The molecular formula is C16H22O5S. The van der Waals surface area contributed by atoms with E-state index in [9.17, 15) is 13.2 Å². The quantitative estimate of drug-likeness (QED) is 0.794. The standard InChI is InChI=1S/C16H22O5S/c1-3-20-16(17)21-13-5-4-6-15(11-13)22(18,19)14-9-7-12(2)8-10-14/h7-10,13,15H,3-6,11H2,1-2H3/t13-,15+/m1/s1. The summed E-state index contributed by atoms with van der Waals surface area (Å²) in [5, 5.41) is -0.511. The van der Waals surface area contributed by atoms with E-state index in [0.717, 1.165) is 12.0 Å². The predicted molar refractivity (Wildman–Crippen MR) is 82.5 cm³/mol. The molecule has 122 valence electrons. The first kappa shape index (κ1) is 16.8. The summed E-state index contributed by atoms with van der Waals surface area (Å²) in [6.07, 6.45) is 1.21. The average Bonchev–Trinajstić information content (AvgIpc) is 2.48. The van der Waals surface area contributed by atoms with Gasteiger partial charge in [-0.1, -0.05) is 17.7 Å². The lowest BCUT2D eigenvalue weighted by molar-refractivity contribution is 0.0143. The smallest absolute Gasteiger partial charge is 0.435 e. The van der Waals surface area contributed by atoms with Crippen molar-refractivity contribution < 1.29 is 22.7 Å². The normalized spacial score (nSPS) is 22.1. The van der Waals surface area contributed by atoms with Gasteiger partial charge >= 0.3 is 6.16 Å². The van der Waals surface area contributed by atoms with Crippen molar-refractivity contribution in [2.45, 2.75) is 55.8 Å². The maximum atomic E-state index is 12.7. The molecule has 0 aliphatic heterocycles. The van der Waals surface area contributed by atoms with Gasteiger partial charge in [0.15, 0.2) is 9.84 Å². The molecule has 1 aromatic carbocycles. The highest BCUT2D eigenvalue weighted by Gasteiger charge is 2.34. The predicted octanol–water partition coefficient (Wildman–Crippen LogP) is 3.25. The number of hydrogen-bond donors (Lipinski definition) is 0. The molecule has 0 spiro atoms. The van der Waals surface area contributed by atoms with E-state index >= 15 is 0 Å². The van der Waals surface area contributed by atoms with Gasteiger partial charge in [0, 0.05) is 6.42 Å². The van der Waals surface area contributed by atoms with Crippen molar-refractivity contribution in [1.29, 1.82) is 0 Å². The second-order valence-corrected chi connectivity index (χ2v) is 7.80. The number of aryl methyl sites for hydroxylation is 1. The van der Waals surface area contributed by atoms with Crippen molar-refractivity contribution in [2.24, 2.45) is 0 Å². The van der Waals surface area contributed by atoms with Crippen LogP contribution >= 0.6 is 0 Å². The average molecular weight is 326 g/mol. The van der Waals surface area contributed by atoms with Crippen LogP contribution in [0.1, 0.15) is 38.2 Å². The van der Waals surface area contributed by atoms with Gasteiger partial charge in [-0.2, -0.15) is 0 Å². The number of benzene rings is 1. The van der Waals surface area contributed by atoms with E-state index in [2.05, 4.69) is 0 Å². The van der Waals surface area contributed by atoms with Crippen LogP contribution in [0.2, 0.25) is 0 Å². The summed E-state index contributed by atoms with van der Waals surface area (Å²) in [5.41, 5.74) is 1.02. The second-order valence-electron chi connectivity index (χ2n) is 5.57. The first-order chi connectivity index (χ1) is 10.4. The molecule has 0 N–H and O–H groups in total. The van der Waals surface area contributed by atoms with E-state index in [1.807, 2.05) is 6.92 Å². The molecule has 1 aliphatic rings. The molecule has 0 amide bonds. The molecule has 22 heavy (non-hydrogen) atoms. The highest BCUT2D eigenvalue weighted by Crippen LogP contribution is 2.30. The molecule has 5 nitrogen and oxygen atoms in total. The first-order valence-electron chi connectivity index (χ1n) is 7.57. The third kappa shape index (κ3) is 4.00. The fourth-order valence-corrected chi connectivity index (χ4v) is 4.54. The lowest BCUT2D eigenvalue weighted by Gasteiger charge is -2.28. The Bertz CT molecular complexity index is 606. The molecule has 2 atom stereocenters. The van der Waals surface area contributed by atoms with Crippen molar-refractivity contribution in [3.63, 3.8) is 0 Å². The Morgan fingerprint density at radius 2 is 1.91 bits per heavy atom. The van der Waals surface area contributed by atoms with E-state index in [1.54, 1.807) is 31.2 Å². The van der Waals surface area contributed by atoms with Crippen LogP contribution in [0.3, 0.4) is 0 Å². The SMILES string of the molecule is CCOC(=O)O[C@@H]1CCC[C@H](S(=O)(=O)c2ccc(C)cc2)C1. The maximum Gasteiger partial charge on any atom is 0.508 e. The number of sulfone groups is 1. The second kappa shape index (κ2) is 7.13. The number of carbonyl (C=O) groups is 1. The summed E-state index contributed by atoms with van der Waals surface area (Å²) in [5.74, 6) is 0. The van der Waals surface area contributed by atoms with Gasteiger partial charge in [-0.05, 0) is 45.2 Å². The summed E-state index contributed by atoms with van der Waals surface area (Å²) in [4.78, 5) is 11.7. The van der Waals surface area contributed by atoms with Gasteiger partial charge in [0.2, 0.25) is 0 Å². The lowest BCUT2D eigenvalue weighted by atomic mass is 9.97. The van der Waals surface area contributed by atoms with Gasteiger partial charge in [-0.3, -0.25) is 0 Å². The number of hydrogen-bond acceptors (Lipinski definition) is 5. The van der Waals surface area contributed by atoms with Gasteiger partial charge < -0.3 is 9.47 Å². The zero-order chi connectivity index (χ0) is 16.2. The number of ether oxygens (including phenoxy) is 2. The van der Waals surface area contributed by atoms with Gasteiger partial charge in [0.25, 0.3) is 0 Å². The fraction of sp³-hybridized carbons (Fsp3) is 0.562. The van der Waals surface area contributed by atoms with Crippen molar-refractivity contribution in [1.82, 2.24) is 0 Å². The molecule has 1 fully saturated rings. The third-order valence-electron chi connectivity index (χ3n) is 3.89. The lowest BCUT2D eigenvalue weighted by Crippen LogP contribution is -2.33. The van der Waals surface area contributed by atoms with E-state index in [4.69, 9.17) is 9.47 Å². The van der Waals surface area contributed by atoms with Gasteiger partial charge in [0.05, 0.1) is 16.8 Å². The molecule has 0 aromatic heterocycles. The van der Waals surface area contributed by atoms with Crippen molar-refractivity contribution in [2.75, 3.05) is 6.61 Å². The third-order valence-corrected chi connectivity index (χ3v) is 6.13. The summed E-state index contributed by atoms with van der Waals surface area (Å²) < 4.78 is 35.3. The highest BCUT2D eigenvalue weighted by atomic mass is 32.2. The molecule has 0 unspecified atom stereocenters. The summed E-state index contributed by atoms with van der Waals surface area (Å²) in [6, 6.07) is 6.87. The Kier molecular flexibility index (Phi) is 5.45. The van der Waals surface area contributed by atoms with Crippen LogP contribution in [0.25, 0.3) is 0 Å². The topological polar surface area (TPSA) is 69.7 Å². The van der Waals surface area contributed by atoms with Crippen molar-refractivity contribution >= 4 is 16.0 Å². The fourth-order valence-electron chi connectivity index (χ4n) is 2.70. The Hall–Kier alpha value is -1.56. The minimum absolute atomic E-state index is 0.247. The largest absolute Gasteiger partial charge is 0.508 e. The molecular weight excluding hydrogens is 304 g/mol. The van der Waals surface area contributed by atoms with Crippen molar-refractivity contribution in [3.05, 3.63) is 29.8 Å². The van der Waals surface area contributed by atoms with Crippen LogP contribution in [0.15, 0.2) is 29.2 Å². The minimum atomic E-state index is -3.39. The zero-order valence-electron chi connectivity index (χ0n) is 12.9. The molecule has 0 bridgehead atoms. The minimum Gasteiger partial charge on any atom is -0.435 e. The Balaban J connectivity index is 2.07. The van der Waals surface area contributed by atoms with Crippen LogP contribution in [0.5, 0.6) is 0 Å². The number of carbonyl (C=O) groups excluding carboxylic acids is 1. The Labute approximate surface area is 131 Å². The molecule has 0 heterocycles. The molecule has 1 aliphatic carbocycles. The number of rotatable bonds is 4. The maximum absolute atomic E-state index is 12.7. The van der Waals surface area contributed by atoms with Gasteiger partial charge in [-0.15, -0.1) is 0 Å². The molecule has 1 saturated carbocycles. The van der Waals surface area contributed by atoms with E-state index in [-0.39, 0.29) is 6.61 Å². The molecule has 2 rings (SSSR count). The molecule has 0 saturated heterocycles. The Morgan fingerprint density at radius 1 is 1.23 bits per heavy atom. The molecule has 1 aromatic rings. The highest BCUT2D eigenvalue weighted by molar-refractivity contribution is 7.92. The zero-order valence-corrected chi connectivity index (χ0v) is 13.8. The van der Waals surface area contributed by atoms with Gasteiger partial charge in [-0.25, -0.2) is 13.2 Å². The van der Waals surface area contributed by atoms with Crippen LogP contribution in [0, 0.1) is 6.92 Å². The summed E-state index contributed by atoms with van der Waals surface area (Å²) in [6.45, 7) is 3.86. The van der Waals surface area contributed by atoms with Gasteiger partial charge in [0.1, 0.15) is 6.10 Å². The summed E-state index contributed by atoms with van der Waals surface area (Å²) in [7, 11) is -3.39.